The Bertz CT molecular complexity index is 538. The first-order valence-corrected chi connectivity index (χ1v) is 8.28. The molecule has 0 atom stereocenters. The van der Waals surface area contributed by atoms with Crippen LogP contribution in [-0.2, 0) is 4.79 Å². The second kappa shape index (κ2) is 13.1. The van der Waals surface area contributed by atoms with Crippen LogP contribution in [0.25, 0.3) is 0 Å². The van der Waals surface area contributed by atoms with Crippen LogP contribution in [0.1, 0.15) is 63.4 Å². The zero-order valence-corrected chi connectivity index (χ0v) is 15.6. The van der Waals surface area contributed by atoms with Gasteiger partial charge in [0.1, 0.15) is 0 Å². The van der Waals surface area contributed by atoms with Crippen molar-refractivity contribution in [1.82, 2.24) is 0 Å². The number of hydrogen-bond acceptors (Lipinski definition) is 3. The number of aromatic carboxylic acids is 1. The Kier molecular flexibility index (Phi) is 13.0. The molecule has 1 aliphatic rings. The molecule has 1 heterocycles. The number of carboxylic acids is 1. The summed E-state index contributed by atoms with van der Waals surface area (Å²) in [6.45, 7) is 12.1. The maximum absolute atomic E-state index is 11.6. The Balaban J connectivity index is 0. The zero-order valence-electron chi connectivity index (χ0n) is 15.6. The lowest BCUT2D eigenvalue weighted by atomic mass is 10.1. The predicted molar refractivity (Wildman–Crippen MR) is 100 cm³/mol. The fraction of sp³-hybridized carbons (Fsp3) is 0.500. The predicted octanol–water partition coefficient (Wildman–Crippen LogP) is 3.81. The van der Waals surface area contributed by atoms with E-state index in [1.165, 1.54) is 13.0 Å². The average molecular weight is 337 g/mol. The second-order valence-corrected chi connectivity index (χ2v) is 4.64. The van der Waals surface area contributed by atoms with Gasteiger partial charge in [0.05, 0.1) is 11.4 Å². The van der Waals surface area contributed by atoms with Crippen LogP contribution >= 0.6 is 0 Å². The molecule has 0 bridgehead atoms. The molecule has 0 saturated carbocycles. The Morgan fingerprint density at radius 1 is 1.25 bits per heavy atom. The van der Waals surface area contributed by atoms with Crippen LogP contribution in [0.5, 0.6) is 0 Å². The Morgan fingerprint density at radius 3 is 2.08 bits per heavy atom. The van der Waals surface area contributed by atoms with E-state index in [0.29, 0.717) is 6.42 Å². The number of benzene rings is 1. The molecule has 6 heteroatoms. The topological polar surface area (TPSA) is 107 Å². The minimum Gasteiger partial charge on any atom is -0.478 e. The van der Waals surface area contributed by atoms with Crippen molar-refractivity contribution in [3.8, 4) is 0 Å². The molecular weight excluding hydrogens is 306 g/mol. The van der Waals surface area contributed by atoms with Gasteiger partial charge in [-0.2, -0.15) is 0 Å². The largest absolute Gasteiger partial charge is 0.478 e. The number of nitrogens with one attached hydrogen (secondary N) is 1. The van der Waals surface area contributed by atoms with Crippen LogP contribution in [0.3, 0.4) is 0 Å². The lowest BCUT2D eigenvalue weighted by Crippen LogP contribution is -2.24. The highest BCUT2D eigenvalue weighted by atomic mass is 16.4. The van der Waals surface area contributed by atoms with E-state index in [1.54, 1.807) is 17.0 Å². The molecule has 1 fully saturated rings. The van der Waals surface area contributed by atoms with E-state index in [1.807, 2.05) is 34.6 Å². The number of anilines is 1. The standard InChI is InChI=1S/C12H13NO3.C2H6N2.2C2H6/c1-8-7-9(12(15)16)4-5-10(8)13-6-2-3-11(13)14;1-2(3)4;2*1-2/h4-5,7H,2-3,6H2,1H3,(H,15,16);1H3,(H3,3,4);2*1-2H3. The number of nitrogens with two attached hydrogens (primary N) is 1. The molecule has 6 nitrogen and oxygen atoms in total. The first-order valence-electron chi connectivity index (χ1n) is 8.28. The fourth-order valence-corrected chi connectivity index (χ4v) is 1.99. The summed E-state index contributed by atoms with van der Waals surface area (Å²) in [4.78, 5) is 24.0. The Labute approximate surface area is 145 Å². The van der Waals surface area contributed by atoms with Crippen molar-refractivity contribution < 1.29 is 14.7 Å². The number of carboxylic acid groups (broad SMARTS) is 1. The maximum Gasteiger partial charge on any atom is 0.335 e. The first kappa shape index (κ1) is 23.9. The average Bonchev–Trinajstić information content (AvgIpc) is 2.96. The number of amidine groups is 1. The van der Waals surface area contributed by atoms with Crippen LogP contribution in [0.15, 0.2) is 18.2 Å². The highest BCUT2D eigenvalue weighted by Gasteiger charge is 2.23. The normalized spacial score (nSPS) is 11.9. The van der Waals surface area contributed by atoms with Crippen LogP contribution in [0.4, 0.5) is 5.69 Å². The smallest absolute Gasteiger partial charge is 0.335 e. The molecular formula is C18H31N3O3. The molecule has 24 heavy (non-hydrogen) atoms. The van der Waals surface area contributed by atoms with Gasteiger partial charge >= 0.3 is 5.97 Å². The summed E-state index contributed by atoms with van der Waals surface area (Å²) >= 11 is 0. The number of rotatable bonds is 2. The van der Waals surface area contributed by atoms with Crippen LogP contribution in [0.2, 0.25) is 0 Å². The van der Waals surface area contributed by atoms with Gasteiger partial charge in [0.15, 0.2) is 0 Å². The summed E-state index contributed by atoms with van der Waals surface area (Å²) in [5, 5.41) is 15.1. The van der Waals surface area contributed by atoms with Gasteiger partial charge < -0.3 is 15.7 Å². The molecule has 0 unspecified atom stereocenters. The van der Waals surface area contributed by atoms with Crippen LogP contribution in [0, 0.1) is 12.3 Å². The van der Waals surface area contributed by atoms with Gasteiger partial charge in [0, 0.05) is 18.7 Å². The molecule has 4 N–H and O–H groups in total. The van der Waals surface area contributed by atoms with E-state index in [9.17, 15) is 9.59 Å². The van der Waals surface area contributed by atoms with Gasteiger partial charge in [-0.25, -0.2) is 4.79 Å². The van der Waals surface area contributed by atoms with Gasteiger partial charge in [-0.15, -0.1) is 0 Å². The minimum atomic E-state index is -0.942. The molecule has 1 amide bonds. The summed E-state index contributed by atoms with van der Waals surface area (Å²) in [5.41, 5.74) is 6.61. The molecule has 0 radical (unpaired) electrons. The number of carbonyl (C=O) groups is 2. The van der Waals surface area contributed by atoms with Crippen molar-refractivity contribution in [1.29, 1.82) is 5.41 Å². The SMILES string of the molecule is CC.CC.CC(=N)N.Cc1cc(C(=O)O)ccc1N1CCCC1=O. The summed E-state index contributed by atoms with van der Waals surface area (Å²) in [6, 6.07) is 4.85. The quantitative estimate of drug-likeness (QED) is 0.563. The van der Waals surface area contributed by atoms with E-state index in [-0.39, 0.29) is 17.3 Å². The van der Waals surface area contributed by atoms with Crippen molar-refractivity contribution in [2.75, 3.05) is 11.4 Å². The highest BCUT2D eigenvalue weighted by Crippen LogP contribution is 2.25. The molecule has 136 valence electrons. The second-order valence-electron chi connectivity index (χ2n) is 4.64. The van der Waals surface area contributed by atoms with Gasteiger partial charge in [0.2, 0.25) is 5.91 Å². The number of aryl methyl sites for hydroxylation is 1. The Hall–Kier alpha value is -2.37. The lowest BCUT2D eigenvalue weighted by Gasteiger charge is -2.18. The maximum atomic E-state index is 11.6. The van der Waals surface area contributed by atoms with Gasteiger partial charge in [-0.1, -0.05) is 27.7 Å². The molecule has 0 spiro atoms. The van der Waals surface area contributed by atoms with E-state index < -0.39 is 5.97 Å². The third kappa shape index (κ3) is 8.31. The third-order valence-electron chi connectivity index (χ3n) is 2.81. The highest BCUT2D eigenvalue weighted by molar-refractivity contribution is 5.97. The molecule has 0 aliphatic carbocycles. The van der Waals surface area contributed by atoms with Gasteiger partial charge in [0.25, 0.3) is 0 Å². The third-order valence-corrected chi connectivity index (χ3v) is 2.81. The first-order chi connectivity index (χ1) is 11.3. The van der Waals surface area contributed by atoms with Gasteiger partial charge in [-0.05, 0) is 44.0 Å². The van der Waals surface area contributed by atoms with Crippen molar-refractivity contribution >= 4 is 23.4 Å². The monoisotopic (exact) mass is 337 g/mol. The van der Waals surface area contributed by atoms with E-state index in [0.717, 1.165) is 24.2 Å². The van der Waals surface area contributed by atoms with Crippen molar-refractivity contribution in [2.45, 2.75) is 54.4 Å². The van der Waals surface area contributed by atoms with Crippen LogP contribution in [-0.4, -0.2) is 29.4 Å². The number of hydrogen-bond donors (Lipinski definition) is 3. The lowest BCUT2D eigenvalue weighted by molar-refractivity contribution is -0.117. The summed E-state index contributed by atoms with van der Waals surface area (Å²) in [7, 11) is 0. The number of nitrogens with zero attached hydrogens (tertiary/aromatic N) is 1. The molecule has 1 aromatic carbocycles. The van der Waals surface area contributed by atoms with E-state index in [2.05, 4.69) is 0 Å². The van der Waals surface area contributed by atoms with E-state index in [4.69, 9.17) is 16.2 Å². The number of carbonyl (C=O) groups excluding carboxylic acids is 1. The van der Waals surface area contributed by atoms with Gasteiger partial charge in [-0.3, -0.25) is 10.2 Å². The number of amides is 1. The minimum absolute atomic E-state index is 0.117. The summed E-state index contributed by atoms with van der Waals surface area (Å²) in [5.74, 6) is -0.659. The summed E-state index contributed by atoms with van der Waals surface area (Å²) < 4.78 is 0. The molecule has 1 saturated heterocycles. The molecule has 1 aliphatic heterocycles. The molecule has 1 aromatic rings. The van der Waals surface area contributed by atoms with Crippen molar-refractivity contribution in [3.63, 3.8) is 0 Å². The van der Waals surface area contributed by atoms with E-state index >= 15 is 0 Å². The van der Waals surface area contributed by atoms with Crippen LogP contribution < -0.4 is 10.6 Å². The zero-order chi connectivity index (χ0) is 19.3. The van der Waals surface area contributed by atoms with Crippen molar-refractivity contribution in [2.24, 2.45) is 5.73 Å². The molecule has 2 rings (SSSR count). The summed E-state index contributed by atoms with van der Waals surface area (Å²) in [6.07, 6.45) is 1.46. The fourth-order valence-electron chi connectivity index (χ4n) is 1.99. The Morgan fingerprint density at radius 2 is 1.75 bits per heavy atom. The molecule has 0 aromatic heterocycles. The van der Waals surface area contributed by atoms with Crippen molar-refractivity contribution in [3.05, 3.63) is 29.3 Å².